The standard InChI is InChI=1S/2C26H27F4N7O2/c2*1-3-23(38)33-16-5-4-6-17(11-16)34-24-20(26(28,29)30)13-31-25(36-24)35-21-8-7-18(12-22(21)39-2)32-19-14-37(15-19)10-9-27/h2*3-8,11-13,19,32H,1,9-10,14-15H2,2H3,(H,33,38)(H2,31,34,35,36). The molecule has 8 rings (SSSR count). The number of hydrogen-bond acceptors (Lipinski definition) is 16. The molecule has 8 N–H and O–H groups in total. The number of halogens is 8. The van der Waals surface area contributed by atoms with E-state index in [1.165, 1.54) is 38.5 Å². The van der Waals surface area contributed by atoms with E-state index >= 15 is 0 Å². The van der Waals surface area contributed by atoms with Crippen LogP contribution in [-0.4, -0.2) is 120 Å². The Bertz CT molecular complexity index is 2860. The summed E-state index contributed by atoms with van der Waals surface area (Å²) in [4.78, 5) is 43.0. The molecule has 4 heterocycles. The molecule has 0 radical (unpaired) electrons. The van der Waals surface area contributed by atoms with Gasteiger partial charge in [0.05, 0.1) is 37.7 Å². The van der Waals surface area contributed by atoms with Gasteiger partial charge in [-0.3, -0.25) is 19.4 Å². The first-order chi connectivity index (χ1) is 37.4. The molecule has 2 saturated heterocycles. The molecule has 4 aromatic carbocycles. The quantitative estimate of drug-likeness (QED) is 0.0235. The van der Waals surface area contributed by atoms with E-state index in [0.717, 1.165) is 49.7 Å². The number of anilines is 12. The fourth-order valence-electron chi connectivity index (χ4n) is 7.91. The lowest BCUT2D eigenvalue weighted by Crippen LogP contribution is -2.55. The number of rotatable bonds is 22. The van der Waals surface area contributed by atoms with Gasteiger partial charge < -0.3 is 52.0 Å². The van der Waals surface area contributed by atoms with Crippen molar-refractivity contribution in [1.29, 1.82) is 0 Å². The highest BCUT2D eigenvalue weighted by atomic mass is 19.4. The molecule has 0 saturated carbocycles. The van der Waals surface area contributed by atoms with Gasteiger partial charge in [-0.2, -0.15) is 36.3 Å². The van der Waals surface area contributed by atoms with E-state index in [9.17, 15) is 44.7 Å². The predicted octanol–water partition coefficient (Wildman–Crippen LogP) is 10.4. The monoisotopic (exact) mass is 1090 g/mol. The predicted molar refractivity (Wildman–Crippen MR) is 283 cm³/mol. The SMILES string of the molecule is C=CC(=O)Nc1cccc(Nc2nc(Nc3ccc(NC4CN(CCF)C4)cc3OC)ncc2C(F)(F)F)c1.C=CC(=O)Nc1cccc(Nc2nc(Nc3ccc(NC4CN(CCF)C4)cc3OC)ncc2C(F)(F)F)c1. The van der Waals surface area contributed by atoms with Gasteiger partial charge in [-0.1, -0.05) is 25.3 Å². The Morgan fingerprint density at radius 1 is 0.577 bits per heavy atom. The number of benzene rings is 4. The van der Waals surface area contributed by atoms with E-state index in [1.807, 2.05) is 9.80 Å². The minimum atomic E-state index is -4.72. The highest BCUT2D eigenvalue weighted by Crippen LogP contribution is 2.39. The van der Waals surface area contributed by atoms with Crippen molar-refractivity contribution in [2.75, 3.05) is 109 Å². The Kier molecular flexibility index (Phi) is 18.9. The molecule has 2 amide bonds. The molecule has 2 aromatic heterocycles. The summed E-state index contributed by atoms with van der Waals surface area (Å²) in [6.45, 7) is 9.70. The van der Waals surface area contributed by atoms with Gasteiger partial charge in [0.15, 0.2) is 0 Å². The summed E-state index contributed by atoms with van der Waals surface area (Å²) in [5, 5.41) is 22.9. The van der Waals surface area contributed by atoms with Crippen molar-refractivity contribution in [2.45, 2.75) is 24.4 Å². The number of hydrogen-bond donors (Lipinski definition) is 8. The van der Waals surface area contributed by atoms with E-state index in [1.54, 1.807) is 60.7 Å². The molecule has 0 atom stereocenters. The van der Waals surface area contributed by atoms with Crippen LogP contribution >= 0.6 is 0 Å². The maximum absolute atomic E-state index is 13.7. The van der Waals surface area contributed by atoms with Gasteiger partial charge in [0.25, 0.3) is 0 Å². The van der Waals surface area contributed by atoms with E-state index in [0.29, 0.717) is 59.7 Å². The summed E-state index contributed by atoms with van der Waals surface area (Å²) in [7, 11) is 2.94. The van der Waals surface area contributed by atoms with Crippen LogP contribution in [0.2, 0.25) is 0 Å². The second-order valence-corrected chi connectivity index (χ2v) is 17.4. The number of likely N-dealkylation sites (tertiary alicyclic amines) is 2. The number of aromatic nitrogens is 4. The van der Waals surface area contributed by atoms with Gasteiger partial charge in [-0.15, -0.1) is 0 Å². The third-order valence-corrected chi connectivity index (χ3v) is 11.7. The Labute approximate surface area is 442 Å². The maximum atomic E-state index is 13.7. The van der Waals surface area contributed by atoms with Crippen LogP contribution in [0.3, 0.4) is 0 Å². The lowest BCUT2D eigenvalue weighted by molar-refractivity contribution is -0.138. The Morgan fingerprint density at radius 2 is 0.962 bits per heavy atom. The van der Waals surface area contributed by atoms with Crippen molar-refractivity contribution in [3.8, 4) is 11.5 Å². The molecule has 26 heteroatoms. The van der Waals surface area contributed by atoms with Crippen LogP contribution < -0.4 is 52.0 Å². The number of amides is 2. The van der Waals surface area contributed by atoms with Crippen LogP contribution in [0.4, 0.5) is 104 Å². The Morgan fingerprint density at radius 3 is 1.31 bits per heavy atom. The smallest absolute Gasteiger partial charge is 0.421 e. The zero-order valence-corrected chi connectivity index (χ0v) is 42.0. The molecule has 0 unspecified atom stereocenters. The zero-order valence-electron chi connectivity index (χ0n) is 42.0. The van der Waals surface area contributed by atoms with Crippen molar-refractivity contribution in [3.63, 3.8) is 0 Å². The van der Waals surface area contributed by atoms with Crippen LogP contribution in [-0.2, 0) is 21.9 Å². The number of carbonyl (C=O) groups is 2. The van der Waals surface area contributed by atoms with E-state index < -0.39 is 46.9 Å². The second-order valence-electron chi connectivity index (χ2n) is 17.4. The van der Waals surface area contributed by atoms with Crippen LogP contribution in [0.15, 0.2) is 123 Å². The minimum absolute atomic E-state index is 0.0959. The maximum Gasteiger partial charge on any atom is 0.421 e. The van der Waals surface area contributed by atoms with Crippen molar-refractivity contribution >= 4 is 80.8 Å². The summed E-state index contributed by atoms with van der Waals surface area (Å²) >= 11 is 0. The van der Waals surface area contributed by atoms with Crippen LogP contribution in [0.25, 0.3) is 0 Å². The molecular weight excluding hydrogens is 1040 g/mol. The fourth-order valence-corrected chi connectivity index (χ4v) is 7.91. The third-order valence-electron chi connectivity index (χ3n) is 11.7. The summed E-state index contributed by atoms with van der Waals surface area (Å²) in [6, 6.07) is 23.1. The van der Waals surface area contributed by atoms with Gasteiger partial charge in [0.2, 0.25) is 23.7 Å². The molecule has 0 aliphatic carbocycles. The average molecular weight is 1090 g/mol. The largest absolute Gasteiger partial charge is 0.494 e. The number of ether oxygens (including phenoxy) is 2. The average Bonchev–Trinajstić information content (AvgIpc) is 3.45. The molecule has 2 aliphatic heterocycles. The first kappa shape index (κ1) is 56.9. The molecule has 412 valence electrons. The van der Waals surface area contributed by atoms with Gasteiger partial charge in [-0.25, -0.2) is 18.7 Å². The molecule has 0 spiro atoms. The van der Waals surface area contributed by atoms with E-state index in [2.05, 4.69) is 75.6 Å². The number of carbonyl (C=O) groups excluding carboxylic acids is 2. The highest BCUT2D eigenvalue weighted by Gasteiger charge is 2.37. The third kappa shape index (κ3) is 15.7. The molecule has 78 heavy (non-hydrogen) atoms. The summed E-state index contributed by atoms with van der Waals surface area (Å²) in [6.07, 6.45) is -5.91. The van der Waals surface area contributed by atoms with Crippen molar-refractivity contribution < 1.29 is 54.2 Å². The van der Waals surface area contributed by atoms with Gasteiger partial charge in [0, 0.05) is 97.9 Å². The molecular formula is C52H54F8N14O4. The van der Waals surface area contributed by atoms with Crippen molar-refractivity contribution in [2.24, 2.45) is 0 Å². The molecule has 2 aliphatic rings. The van der Waals surface area contributed by atoms with Crippen molar-refractivity contribution in [3.05, 3.63) is 134 Å². The highest BCUT2D eigenvalue weighted by molar-refractivity contribution is 5.99. The summed E-state index contributed by atoms with van der Waals surface area (Å²) < 4.78 is 118. The number of methoxy groups -OCH3 is 2. The molecule has 0 bridgehead atoms. The van der Waals surface area contributed by atoms with E-state index in [4.69, 9.17) is 9.47 Å². The molecule has 6 aromatic rings. The van der Waals surface area contributed by atoms with Gasteiger partial charge >= 0.3 is 12.4 Å². The van der Waals surface area contributed by atoms with E-state index in [-0.39, 0.29) is 48.7 Å². The number of nitrogens with zero attached hydrogens (tertiary/aromatic N) is 6. The lowest BCUT2D eigenvalue weighted by atomic mass is 10.1. The summed E-state index contributed by atoms with van der Waals surface area (Å²) in [5.74, 6) is -1.23. The zero-order chi connectivity index (χ0) is 56.0. The first-order valence-corrected chi connectivity index (χ1v) is 23.9. The van der Waals surface area contributed by atoms with Gasteiger partial charge in [-0.05, 0) is 72.8 Å². The Hall–Kier alpha value is -8.78. The van der Waals surface area contributed by atoms with Crippen LogP contribution in [0.5, 0.6) is 11.5 Å². The van der Waals surface area contributed by atoms with Crippen LogP contribution in [0, 0.1) is 0 Å². The molecule has 18 nitrogen and oxygen atoms in total. The minimum Gasteiger partial charge on any atom is -0.494 e. The Balaban J connectivity index is 0.000000226. The number of nitrogens with one attached hydrogen (secondary N) is 8. The first-order valence-electron chi connectivity index (χ1n) is 23.9. The number of alkyl halides is 8. The topological polar surface area (TPSA) is 207 Å². The molecule has 2 fully saturated rings. The van der Waals surface area contributed by atoms with Crippen molar-refractivity contribution in [1.82, 2.24) is 29.7 Å². The summed E-state index contributed by atoms with van der Waals surface area (Å²) in [5.41, 5.74) is 1.56. The van der Waals surface area contributed by atoms with Crippen LogP contribution in [0.1, 0.15) is 11.1 Å². The normalized spacial score (nSPS) is 13.8. The fraction of sp³-hybridized carbons (Fsp3) is 0.269. The van der Waals surface area contributed by atoms with Gasteiger partial charge in [0.1, 0.15) is 47.6 Å². The second kappa shape index (κ2) is 25.8. The lowest BCUT2D eigenvalue weighted by Gasteiger charge is -2.39.